The van der Waals surface area contributed by atoms with E-state index in [1.165, 1.54) is 9.80 Å². The molecular formula is C28H40N2O6S2. The number of hydrogen-bond acceptors (Lipinski definition) is 8. The number of fused-ring (bicyclic) bond motifs is 2. The molecule has 2 fully saturated rings. The van der Waals surface area contributed by atoms with E-state index in [2.05, 4.69) is 0 Å². The van der Waals surface area contributed by atoms with Gasteiger partial charge in [0.15, 0.2) is 0 Å². The first kappa shape index (κ1) is 29.4. The van der Waals surface area contributed by atoms with Crippen LogP contribution in [-0.2, 0) is 19.2 Å². The highest BCUT2D eigenvalue weighted by Crippen LogP contribution is 2.43. The van der Waals surface area contributed by atoms with Crippen molar-refractivity contribution in [3.8, 4) is 0 Å². The molecule has 4 aliphatic rings. The molecule has 0 aromatic rings. The Morgan fingerprint density at radius 2 is 1.11 bits per heavy atom. The van der Waals surface area contributed by atoms with Gasteiger partial charge in [-0.25, -0.2) is 0 Å². The summed E-state index contributed by atoms with van der Waals surface area (Å²) in [7, 11) is 0. The van der Waals surface area contributed by atoms with Crippen molar-refractivity contribution in [2.75, 3.05) is 11.5 Å². The number of carbonyl (C=O) groups excluding carboxylic acids is 4. The minimum atomic E-state index is -0.716. The third-order valence-corrected chi connectivity index (χ3v) is 10.6. The average molecular weight is 565 g/mol. The zero-order valence-corrected chi connectivity index (χ0v) is 24.4. The molecule has 38 heavy (non-hydrogen) atoms. The van der Waals surface area contributed by atoms with E-state index in [0.717, 1.165) is 34.2 Å². The van der Waals surface area contributed by atoms with Crippen molar-refractivity contribution < 1.29 is 29.4 Å². The van der Waals surface area contributed by atoms with Crippen LogP contribution in [0.25, 0.3) is 0 Å². The summed E-state index contributed by atoms with van der Waals surface area (Å²) in [6.07, 6.45) is 5.85. The van der Waals surface area contributed by atoms with Crippen LogP contribution in [0.2, 0.25) is 0 Å². The van der Waals surface area contributed by atoms with Crippen LogP contribution in [0.5, 0.6) is 0 Å². The molecule has 0 aliphatic carbocycles. The summed E-state index contributed by atoms with van der Waals surface area (Å²) in [5.74, 6) is 0.431. The molecule has 4 unspecified atom stereocenters. The summed E-state index contributed by atoms with van der Waals surface area (Å²) in [5, 5.41) is 21.2. The normalized spacial score (nSPS) is 25.8. The van der Waals surface area contributed by atoms with Gasteiger partial charge in [0.2, 0.25) is 11.8 Å². The van der Waals surface area contributed by atoms with Crippen molar-refractivity contribution in [2.45, 2.75) is 102 Å². The minimum Gasteiger partial charge on any atom is -0.393 e. The van der Waals surface area contributed by atoms with Gasteiger partial charge in [0, 0.05) is 33.0 Å². The fourth-order valence-corrected chi connectivity index (χ4v) is 8.27. The van der Waals surface area contributed by atoms with Crippen LogP contribution < -0.4 is 0 Å². The van der Waals surface area contributed by atoms with Crippen molar-refractivity contribution >= 4 is 47.2 Å². The van der Waals surface area contributed by atoms with Gasteiger partial charge in [0.25, 0.3) is 11.8 Å². The molecule has 2 N–H and O–H groups in total. The van der Waals surface area contributed by atoms with Gasteiger partial charge in [-0.15, -0.1) is 23.5 Å². The van der Waals surface area contributed by atoms with E-state index in [-0.39, 0.29) is 35.5 Å². The molecule has 4 aliphatic heterocycles. The Balaban J connectivity index is 1.23. The molecule has 0 saturated carbocycles. The van der Waals surface area contributed by atoms with E-state index in [9.17, 15) is 29.4 Å². The first-order chi connectivity index (χ1) is 17.8. The van der Waals surface area contributed by atoms with Gasteiger partial charge in [0.1, 0.15) is 0 Å². The van der Waals surface area contributed by atoms with Gasteiger partial charge in [-0.05, 0) is 90.6 Å². The summed E-state index contributed by atoms with van der Waals surface area (Å²) in [4.78, 5) is 55.8. The molecule has 4 atom stereocenters. The fraction of sp³-hybridized carbons (Fsp3) is 0.714. The molecule has 4 heterocycles. The Morgan fingerprint density at radius 1 is 0.737 bits per heavy atom. The number of thioether (sulfide) groups is 2. The van der Waals surface area contributed by atoms with Crippen LogP contribution in [-0.4, -0.2) is 78.4 Å². The minimum absolute atomic E-state index is 0.140. The highest BCUT2D eigenvalue weighted by atomic mass is 32.2. The van der Waals surface area contributed by atoms with E-state index in [0.29, 0.717) is 38.5 Å². The fourth-order valence-electron chi connectivity index (χ4n) is 5.88. The number of carbonyl (C=O) groups is 4. The molecule has 0 spiro atoms. The smallest absolute Gasteiger partial charge is 0.254 e. The maximum Gasteiger partial charge on any atom is 0.254 e. The zero-order valence-electron chi connectivity index (χ0n) is 22.8. The highest BCUT2D eigenvalue weighted by Gasteiger charge is 2.46. The molecular weight excluding hydrogens is 524 g/mol. The Morgan fingerprint density at radius 3 is 1.47 bits per heavy atom. The van der Waals surface area contributed by atoms with Crippen molar-refractivity contribution in [3.05, 3.63) is 22.0 Å². The number of hydrogen-bond donors (Lipinski definition) is 2. The maximum absolute atomic E-state index is 13.0. The van der Waals surface area contributed by atoms with E-state index in [4.69, 9.17) is 0 Å². The number of amides is 4. The van der Waals surface area contributed by atoms with Crippen LogP contribution in [0, 0.1) is 11.8 Å². The van der Waals surface area contributed by atoms with Crippen molar-refractivity contribution in [1.29, 1.82) is 0 Å². The Bertz CT molecular complexity index is 970. The predicted octanol–water partition coefficient (Wildman–Crippen LogP) is 3.62. The molecule has 4 amide bonds. The van der Waals surface area contributed by atoms with Crippen LogP contribution in [0.3, 0.4) is 0 Å². The lowest BCUT2D eigenvalue weighted by Crippen LogP contribution is -2.54. The van der Waals surface area contributed by atoms with Gasteiger partial charge in [-0.1, -0.05) is 0 Å². The Kier molecular flexibility index (Phi) is 8.86. The van der Waals surface area contributed by atoms with Gasteiger partial charge in [0.05, 0.1) is 24.0 Å². The standard InChI is InChI=1S/C28H40N2O6S2/c1-27(2,29-23(33)15-21-19(25(29)35)9-13-37-21)11-7-17(31)5-6-18(32)8-12-28(3,4)30-24(34)16-22-20(26(30)36)10-14-38-22/h15-20,31-32H,5-14H2,1-4H3. The average Bonchev–Trinajstić information content (AvgIpc) is 3.49. The molecule has 0 radical (unpaired) electrons. The quantitative estimate of drug-likeness (QED) is 0.366. The second-order valence-electron chi connectivity index (χ2n) is 12.1. The second-order valence-corrected chi connectivity index (χ2v) is 14.4. The van der Waals surface area contributed by atoms with Crippen LogP contribution in [0.1, 0.15) is 79.1 Å². The number of rotatable bonds is 11. The lowest BCUT2D eigenvalue weighted by Gasteiger charge is -2.40. The molecule has 4 rings (SSSR count). The van der Waals surface area contributed by atoms with Crippen LogP contribution >= 0.6 is 23.5 Å². The maximum atomic E-state index is 13.0. The zero-order chi connectivity index (χ0) is 27.8. The monoisotopic (exact) mass is 564 g/mol. The van der Waals surface area contributed by atoms with E-state index in [1.807, 2.05) is 27.7 Å². The molecule has 10 heteroatoms. The van der Waals surface area contributed by atoms with Crippen molar-refractivity contribution in [3.63, 3.8) is 0 Å². The summed E-state index contributed by atoms with van der Waals surface area (Å²) in [5.41, 5.74) is -1.43. The third kappa shape index (κ3) is 6.08. The van der Waals surface area contributed by atoms with Gasteiger partial charge < -0.3 is 10.2 Å². The van der Waals surface area contributed by atoms with E-state index in [1.54, 1.807) is 35.7 Å². The van der Waals surface area contributed by atoms with Gasteiger partial charge in [-0.2, -0.15) is 0 Å². The Hall–Kier alpha value is -1.62. The topological polar surface area (TPSA) is 115 Å². The molecule has 0 aromatic carbocycles. The first-order valence-electron chi connectivity index (χ1n) is 13.6. The summed E-state index contributed by atoms with van der Waals surface area (Å²) in [6, 6.07) is 0. The van der Waals surface area contributed by atoms with Crippen LogP contribution in [0.4, 0.5) is 0 Å². The number of aliphatic hydroxyl groups excluding tert-OH is 2. The predicted molar refractivity (Wildman–Crippen MR) is 149 cm³/mol. The summed E-state index contributed by atoms with van der Waals surface area (Å²) in [6.45, 7) is 7.44. The number of imide groups is 2. The summed E-state index contributed by atoms with van der Waals surface area (Å²) < 4.78 is 0. The SMILES string of the molecule is CC(C)(CCC(O)CCC(O)CCC(C)(C)N1C(=O)C=C2SCCC2C1=O)N1C(=O)C=C2SCCC2C1=O. The first-order valence-corrected chi connectivity index (χ1v) is 15.6. The van der Waals surface area contributed by atoms with Gasteiger partial charge >= 0.3 is 0 Å². The third-order valence-electron chi connectivity index (χ3n) is 8.27. The molecule has 2 saturated heterocycles. The van der Waals surface area contributed by atoms with Crippen LogP contribution in [0.15, 0.2) is 22.0 Å². The lowest BCUT2D eigenvalue weighted by atomic mass is 9.88. The summed E-state index contributed by atoms with van der Waals surface area (Å²) >= 11 is 3.16. The lowest BCUT2D eigenvalue weighted by molar-refractivity contribution is -0.153. The molecule has 0 bridgehead atoms. The molecule has 210 valence electrons. The molecule has 8 nitrogen and oxygen atoms in total. The number of nitrogens with zero attached hydrogens (tertiary/aromatic N) is 2. The number of aliphatic hydroxyl groups is 2. The van der Waals surface area contributed by atoms with E-state index < -0.39 is 23.3 Å². The molecule has 0 aromatic heterocycles. The largest absolute Gasteiger partial charge is 0.393 e. The van der Waals surface area contributed by atoms with Crippen molar-refractivity contribution in [1.82, 2.24) is 9.80 Å². The van der Waals surface area contributed by atoms with Gasteiger partial charge in [-0.3, -0.25) is 29.0 Å². The Labute approximate surface area is 233 Å². The second kappa shape index (κ2) is 11.5. The highest BCUT2D eigenvalue weighted by molar-refractivity contribution is 8.03. The van der Waals surface area contributed by atoms with E-state index >= 15 is 0 Å². The van der Waals surface area contributed by atoms with Crippen molar-refractivity contribution in [2.24, 2.45) is 11.8 Å².